The zero-order chi connectivity index (χ0) is 30.9. The van der Waals surface area contributed by atoms with E-state index in [1.165, 1.54) is 28.6 Å². The summed E-state index contributed by atoms with van der Waals surface area (Å²) in [6.07, 6.45) is -1.40. The van der Waals surface area contributed by atoms with Gasteiger partial charge in [0.25, 0.3) is 5.91 Å². The van der Waals surface area contributed by atoms with Crippen molar-refractivity contribution in [2.45, 2.75) is 62.1 Å². The summed E-state index contributed by atoms with van der Waals surface area (Å²) in [7, 11) is -3.83. The molecule has 1 heterocycles. The summed E-state index contributed by atoms with van der Waals surface area (Å²) in [5, 5.41) is 10.0. The molecule has 0 radical (unpaired) electrons. The first kappa shape index (κ1) is 31.3. The first-order valence-electron chi connectivity index (χ1n) is 14.0. The van der Waals surface area contributed by atoms with E-state index in [-0.39, 0.29) is 12.2 Å². The van der Waals surface area contributed by atoms with Crippen molar-refractivity contribution < 1.29 is 32.2 Å². The largest absolute Gasteiger partial charge is 0.481 e. The SMILES string of the molecule is CCC(CN(c1ccc(F)cc1)S(=O)(=O)C1CC1)N1C(=O)[C@@H](CC(=O)O)OC(c2cccc(Cl)c2)[C@H]1c1ccc(Cl)cc1. The molecule has 2 aliphatic rings. The topological polar surface area (TPSA) is 104 Å². The van der Waals surface area contributed by atoms with E-state index in [0.717, 1.165) is 0 Å². The second-order valence-corrected chi connectivity index (χ2v) is 13.8. The summed E-state index contributed by atoms with van der Waals surface area (Å²) in [5.41, 5.74) is 1.56. The van der Waals surface area contributed by atoms with Gasteiger partial charge in [-0.15, -0.1) is 0 Å². The van der Waals surface area contributed by atoms with Crippen molar-refractivity contribution in [1.29, 1.82) is 0 Å². The van der Waals surface area contributed by atoms with Gasteiger partial charge in [0.15, 0.2) is 0 Å². The third-order valence-corrected chi connectivity index (χ3v) is 10.6. The molecule has 0 spiro atoms. The molecule has 228 valence electrons. The van der Waals surface area contributed by atoms with Gasteiger partial charge in [-0.25, -0.2) is 12.8 Å². The van der Waals surface area contributed by atoms with Gasteiger partial charge in [0, 0.05) is 10.0 Å². The van der Waals surface area contributed by atoms with Gasteiger partial charge in [-0.3, -0.25) is 13.9 Å². The van der Waals surface area contributed by atoms with Gasteiger partial charge in [0.05, 0.1) is 36.0 Å². The monoisotopic (exact) mass is 648 g/mol. The van der Waals surface area contributed by atoms with Gasteiger partial charge in [-0.2, -0.15) is 0 Å². The Morgan fingerprint density at radius 1 is 1.05 bits per heavy atom. The van der Waals surface area contributed by atoms with Crippen LogP contribution in [0.4, 0.5) is 10.1 Å². The lowest BCUT2D eigenvalue weighted by Crippen LogP contribution is -2.58. The minimum Gasteiger partial charge on any atom is -0.481 e. The molecular formula is C31H31Cl2FN2O6S. The van der Waals surface area contributed by atoms with E-state index in [2.05, 4.69) is 0 Å². The molecule has 1 amide bonds. The zero-order valence-electron chi connectivity index (χ0n) is 23.3. The van der Waals surface area contributed by atoms with Gasteiger partial charge in [0.1, 0.15) is 18.0 Å². The van der Waals surface area contributed by atoms with Crippen LogP contribution in [0.5, 0.6) is 0 Å². The zero-order valence-corrected chi connectivity index (χ0v) is 25.6. The molecule has 5 rings (SSSR count). The third-order valence-electron chi connectivity index (χ3n) is 7.78. The maximum Gasteiger partial charge on any atom is 0.306 e. The average molecular weight is 650 g/mol. The van der Waals surface area contributed by atoms with Crippen LogP contribution in [0.3, 0.4) is 0 Å². The van der Waals surface area contributed by atoms with Crippen LogP contribution < -0.4 is 4.31 Å². The summed E-state index contributed by atoms with van der Waals surface area (Å²) in [6.45, 7) is 1.71. The second-order valence-electron chi connectivity index (χ2n) is 10.8. The highest BCUT2D eigenvalue weighted by Gasteiger charge is 2.49. The molecule has 43 heavy (non-hydrogen) atoms. The molecular weight excluding hydrogens is 618 g/mol. The number of carboxylic acids is 1. The molecule has 4 atom stereocenters. The Labute approximate surface area is 260 Å². The van der Waals surface area contributed by atoms with Crippen molar-refractivity contribution >= 4 is 50.8 Å². The second kappa shape index (κ2) is 12.8. The summed E-state index contributed by atoms with van der Waals surface area (Å²) >= 11 is 12.5. The van der Waals surface area contributed by atoms with Crippen molar-refractivity contribution in [2.75, 3.05) is 10.8 Å². The molecule has 1 saturated heterocycles. The normalized spacial score (nSPS) is 21.4. The number of carbonyl (C=O) groups is 2. The van der Waals surface area contributed by atoms with Crippen LogP contribution in [0.1, 0.15) is 55.9 Å². The smallest absolute Gasteiger partial charge is 0.306 e. The molecule has 3 aromatic rings. The Hall–Kier alpha value is -3.18. The maximum absolute atomic E-state index is 14.2. The lowest BCUT2D eigenvalue weighted by molar-refractivity contribution is -0.183. The number of aliphatic carboxylic acids is 1. The summed E-state index contributed by atoms with van der Waals surface area (Å²) in [4.78, 5) is 27.6. The Balaban J connectivity index is 1.64. The van der Waals surface area contributed by atoms with Crippen LogP contribution >= 0.6 is 23.2 Å². The quantitative estimate of drug-likeness (QED) is 0.258. The molecule has 12 heteroatoms. The van der Waals surface area contributed by atoms with Gasteiger partial charge < -0.3 is 14.7 Å². The van der Waals surface area contributed by atoms with E-state index in [9.17, 15) is 27.5 Å². The predicted octanol–water partition coefficient (Wildman–Crippen LogP) is 6.39. The van der Waals surface area contributed by atoms with Crippen LogP contribution in [0, 0.1) is 5.82 Å². The van der Waals surface area contributed by atoms with Gasteiger partial charge >= 0.3 is 5.97 Å². The van der Waals surface area contributed by atoms with Crippen LogP contribution in [0.2, 0.25) is 10.0 Å². The molecule has 2 unspecified atom stereocenters. The van der Waals surface area contributed by atoms with Gasteiger partial charge in [-0.1, -0.05) is 54.4 Å². The van der Waals surface area contributed by atoms with Crippen LogP contribution in [-0.2, 0) is 24.3 Å². The molecule has 0 bridgehead atoms. The number of hydrogen-bond acceptors (Lipinski definition) is 5. The van der Waals surface area contributed by atoms with Crippen molar-refractivity contribution in [3.05, 3.63) is 99.8 Å². The number of morpholine rings is 1. The van der Waals surface area contributed by atoms with Gasteiger partial charge in [-0.05, 0) is 78.9 Å². The van der Waals surface area contributed by atoms with E-state index in [1.54, 1.807) is 53.4 Å². The first-order chi connectivity index (χ1) is 20.5. The number of halogens is 3. The number of sulfonamides is 1. The molecule has 0 aromatic heterocycles. The summed E-state index contributed by atoms with van der Waals surface area (Å²) in [5.74, 6) is -2.30. The Morgan fingerprint density at radius 3 is 2.30 bits per heavy atom. The number of hydrogen-bond donors (Lipinski definition) is 1. The van der Waals surface area contributed by atoms with Crippen molar-refractivity contribution in [3.8, 4) is 0 Å². The number of carboxylic acid groups (broad SMARTS) is 1. The maximum atomic E-state index is 14.2. The molecule has 2 fully saturated rings. The minimum absolute atomic E-state index is 0.126. The number of ether oxygens (including phenoxy) is 1. The lowest BCUT2D eigenvalue weighted by Gasteiger charge is -2.48. The highest BCUT2D eigenvalue weighted by atomic mass is 35.5. The van der Waals surface area contributed by atoms with Crippen molar-refractivity contribution in [3.63, 3.8) is 0 Å². The van der Waals surface area contributed by atoms with Crippen LogP contribution in [0.15, 0.2) is 72.8 Å². The number of amides is 1. The van der Waals surface area contributed by atoms with Crippen LogP contribution in [0.25, 0.3) is 0 Å². The molecule has 1 aliphatic heterocycles. The number of rotatable bonds is 11. The number of carbonyl (C=O) groups excluding carboxylic acids is 1. The fourth-order valence-corrected chi connectivity index (χ4v) is 7.73. The fourth-order valence-electron chi connectivity index (χ4n) is 5.51. The van der Waals surface area contributed by atoms with Crippen LogP contribution in [-0.4, -0.2) is 54.2 Å². The van der Waals surface area contributed by atoms with E-state index in [1.807, 2.05) is 6.92 Å². The van der Waals surface area contributed by atoms with Crippen molar-refractivity contribution in [2.24, 2.45) is 0 Å². The molecule has 1 N–H and O–H groups in total. The summed E-state index contributed by atoms with van der Waals surface area (Å²) in [6, 6.07) is 17.5. The average Bonchev–Trinajstić information content (AvgIpc) is 3.82. The van der Waals surface area contributed by atoms with E-state index in [4.69, 9.17) is 27.9 Å². The molecule has 3 aromatic carbocycles. The van der Waals surface area contributed by atoms with E-state index in [0.29, 0.717) is 40.4 Å². The highest BCUT2D eigenvalue weighted by Crippen LogP contribution is 2.45. The summed E-state index contributed by atoms with van der Waals surface area (Å²) < 4.78 is 48.8. The highest BCUT2D eigenvalue weighted by molar-refractivity contribution is 7.93. The molecule has 8 nitrogen and oxygen atoms in total. The number of nitrogens with zero attached hydrogens (tertiary/aromatic N) is 2. The van der Waals surface area contributed by atoms with Crippen molar-refractivity contribution in [1.82, 2.24) is 4.90 Å². The lowest BCUT2D eigenvalue weighted by atomic mass is 9.89. The van der Waals surface area contributed by atoms with E-state index >= 15 is 0 Å². The number of anilines is 1. The first-order valence-corrected chi connectivity index (χ1v) is 16.2. The fraction of sp³-hybridized carbons (Fsp3) is 0.355. The van der Waals surface area contributed by atoms with E-state index < -0.39 is 63.7 Å². The number of benzene rings is 3. The molecule has 1 aliphatic carbocycles. The third kappa shape index (κ3) is 6.82. The standard InChI is InChI=1S/C31H31Cl2FN2O6S/c1-2-24(18-35(43(40,41)26-14-15-26)25-12-10-23(34)11-13-25)36-29(19-6-8-21(32)9-7-19)30(20-4-3-5-22(33)16-20)42-27(31(36)39)17-28(37)38/h3-13,16,24,26-27,29-30H,2,14-15,17-18H2,1H3,(H,37,38)/t24?,27-,29-,30?/m1/s1. The van der Waals surface area contributed by atoms with Gasteiger partial charge in [0.2, 0.25) is 10.0 Å². The molecule has 1 saturated carbocycles. The Morgan fingerprint density at radius 2 is 1.72 bits per heavy atom. The predicted molar refractivity (Wildman–Crippen MR) is 162 cm³/mol. The minimum atomic E-state index is -3.83. The Kier molecular flexibility index (Phi) is 9.31. The Bertz CT molecular complexity index is 1580.